The van der Waals surface area contributed by atoms with Crippen LogP contribution in [-0.2, 0) is 10.0 Å². The molecule has 0 aliphatic rings. The summed E-state index contributed by atoms with van der Waals surface area (Å²) in [6, 6.07) is 1.55. The molecule has 1 aromatic carbocycles. The van der Waals surface area contributed by atoms with E-state index in [0.29, 0.717) is 0 Å². The Labute approximate surface area is 115 Å². The first kappa shape index (κ1) is 17.7. The smallest absolute Gasteiger partial charge is 0.276 e. The van der Waals surface area contributed by atoms with Gasteiger partial charge in [0.15, 0.2) is 0 Å². The van der Waals surface area contributed by atoms with Crippen LogP contribution < -0.4 is 10.5 Å². The summed E-state index contributed by atoms with van der Waals surface area (Å²) in [6.07, 6.45) is 0. The van der Waals surface area contributed by atoms with E-state index in [9.17, 15) is 22.9 Å². The topological polar surface area (TPSA) is 115 Å². The normalized spacial score (nSPS) is 10.9. The number of sulfonamides is 1. The molecule has 0 atom stereocenters. The van der Waals surface area contributed by atoms with Gasteiger partial charge in [-0.3, -0.25) is 10.1 Å². The van der Waals surface area contributed by atoms with E-state index in [2.05, 4.69) is 4.72 Å². The summed E-state index contributed by atoms with van der Waals surface area (Å²) in [5.74, 6) is -0.947. The van der Waals surface area contributed by atoms with Crippen LogP contribution in [0, 0.1) is 22.9 Å². The van der Waals surface area contributed by atoms with Crippen LogP contribution in [0.15, 0.2) is 17.0 Å². The lowest BCUT2D eigenvalue weighted by molar-refractivity contribution is -0.385. The second-order valence-electron chi connectivity index (χ2n) is 3.49. The molecule has 0 unspecified atom stereocenters. The summed E-state index contributed by atoms with van der Waals surface area (Å²) in [4.78, 5) is 9.34. The first-order chi connectivity index (χ1) is 8.29. The number of nitrogens with zero attached hydrogens (tertiary/aromatic N) is 1. The van der Waals surface area contributed by atoms with Gasteiger partial charge in [-0.25, -0.2) is 17.5 Å². The van der Waals surface area contributed by atoms with Crippen molar-refractivity contribution in [2.45, 2.75) is 11.8 Å². The molecule has 0 aliphatic heterocycles. The van der Waals surface area contributed by atoms with Crippen LogP contribution in [0.5, 0.6) is 0 Å². The maximum Gasteiger partial charge on any atom is 0.276 e. The lowest BCUT2D eigenvalue weighted by Gasteiger charge is -2.07. The standard InChI is InChI=1S/C9H12FN3O4S.ClH/c1-6-8(10)4-7(5-9(6)13(14)15)18(16,17)12-3-2-11;/h4-5,12H,2-3,11H2,1H3;1H. The highest BCUT2D eigenvalue weighted by Crippen LogP contribution is 2.25. The van der Waals surface area contributed by atoms with Crippen molar-refractivity contribution in [3.05, 3.63) is 33.6 Å². The fourth-order valence-electron chi connectivity index (χ4n) is 1.26. The Balaban J connectivity index is 0.00000324. The van der Waals surface area contributed by atoms with Gasteiger partial charge in [-0.05, 0) is 13.0 Å². The first-order valence-corrected chi connectivity index (χ1v) is 6.42. The Kier molecular flexibility index (Phi) is 6.30. The molecule has 0 saturated heterocycles. The summed E-state index contributed by atoms with van der Waals surface area (Å²) in [5, 5.41) is 10.7. The number of rotatable bonds is 5. The average Bonchev–Trinajstić information content (AvgIpc) is 2.29. The van der Waals surface area contributed by atoms with Crippen LogP contribution in [0.1, 0.15) is 5.56 Å². The lowest BCUT2D eigenvalue weighted by Crippen LogP contribution is -2.29. The summed E-state index contributed by atoms with van der Waals surface area (Å²) < 4.78 is 38.9. The van der Waals surface area contributed by atoms with E-state index in [-0.39, 0.29) is 31.1 Å². The van der Waals surface area contributed by atoms with E-state index in [1.165, 1.54) is 6.92 Å². The molecule has 108 valence electrons. The third-order valence-corrected chi connectivity index (χ3v) is 3.67. The minimum Gasteiger partial charge on any atom is -0.329 e. The van der Waals surface area contributed by atoms with Crippen LogP contribution in [0.2, 0.25) is 0 Å². The highest BCUT2D eigenvalue weighted by Gasteiger charge is 2.22. The molecule has 7 nitrogen and oxygen atoms in total. The number of nitro groups is 1. The lowest BCUT2D eigenvalue weighted by atomic mass is 10.2. The molecule has 3 N–H and O–H groups in total. The molecule has 0 radical (unpaired) electrons. The van der Waals surface area contributed by atoms with Crippen LogP contribution in [-0.4, -0.2) is 26.4 Å². The predicted octanol–water partition coefficient (Wildman–Crippen LogP) is 0.701. The molecule has 0 saturated carbocycles. The summed E-state index contributed by atoms with van der Waals surface area (Å²) in [5.41, 5.74) is 4.35. The molecule has 0 aromatic heterocycles. The van der Waals surface area contributed by atoms with E-state index in [4.69, 9.17) is 5.73 Å². The fraction of sp³-hybridized carbons (Fsp3) is 0.333. The Morgan fingerprint density at radius 1 is 1.47 bits per heavy atom. The second kappa shape index (κ2) is 6.75. The largest absolute Gasteiger partial charge is 0.329 e. The molecule has 0 fully saturated rings. The van der Waals surface area contributed by atoms with Crippen molar-refractivity contribution < 1.29 is 17.7 Å². The predicted molar refractivity (Wildman–Crippen MR) is 69.3 cm³/mol. The zero-order valence-electron chi connectivity index (χ0n) is 9.92. The van der Waals surface area contributed by atoms with Crippen LogP contribution in [0.4, 0.5) is 10.1 Å². The van der Waals surface area contributed by atoms with Gasteiger partial charge in [0.2, 0.25) is 10.0 Å². The SMILES string of the molecule is Cc1c(F)cc(S(=O)(=O)NCCN)cc1[N+](=O)[O-].Cl. The van der Waals surface area contributed by atoms with Crippen molar-refractivity contribution in [2.24, 2.45) is 5.73 Å². The Hall–Kier alpha value is -1.29. The molecule has 0 aliphatic carbocycles. The van der Waals surface area contributed by atoms with Gasteiger partial charge in [-0.15, -0.1) is 12.4 Å². The second-order valence-corrected chi connectivity index (χ2v) is 5.26. The quantitative estimate of drug-likeness (QED) is 0.613. The number of nitrogens with two attached hydrogens (primary N) is 1. The molecule has 0 amide bonds. The van der Waals surface area contributed by atoms with E-state index in [1.807, 2.05) is 0 Å². The van der Waals surface area contributed by atoms with Gasteiger partial charge in [-0.2, -0.15) is 0 Å². The van der Waals surface area contributed by atoms with Gasteiger partial charge in [0.1, 0.15) is 5.82 Å². The zero-order valence-corrected chi connectivity index (χ0v) is 11.6. The highest BCUT2D eigenvalue weighted by molar-refractivity contribution is 7.89. The third-order valence-electron chi connectivity index (χ3n) is 2.23. The van der Waals surface area contributed by atoms with Gasteiger partial charge in [0, 0.05) is 19.2 Å². The first-order valence-electron chi connectivity index (χ1n) is 4.94. The van der Waals surface area contributed by atoms with Crippen LogP contribution in [0.3, 0.4) is 0 Å². The number of hydrogen-bond donors (Lipinski definition) is 2. The molecular weight excluding hydrogens is 301 g/mol. The Morgan fingerprint density at radius 3 is 2.53 bits per heavy atom. The van der Waals surface area contributed by atoms with Crippen molar-refractivity contribution in [1.29, 1.82) is 0 Å². The van der Waals surface area contributed by atoms with Crippen molar-refractivity contribution in [1.82, 2.24) is 4.72 Å². The van der Waals surface area contributed by atoms with Crippen molar-refractivity contribution in [3.63, 3.8) is 0 Å². The summed E-state index contributed by atoms with van der Waals surface area (Å²) >= 11 is 0. The van der Waals surface area contributed by atoms with E-state index < -0.39 is 31.3 Å². The van der Waals surface area contributed by atoms with Gasteiger partial charge in [0.25, 0.3) is 5.69 Å². The number of hydrogen-bond acceptors (Lipinski definition) is 5. The summed E-state index contributed by atoms with van der Waals surface area (Å²) in [7, 11) is -3.99. The van der Waals surface area contributed by atoms with Crippen molar-refractivity contribution in [2.75, 3.05) is 13.1 Å². The molecule has 0 heterocycles. The van der Waals surface area contributed by atoms with Gasteiger partial charge < -0.3 is 5.73 Å². The number of halogens is 2. The van der Waals surface area contributed by atoms with E-state index in [1.54, 1.807) is 0 Å². The minimum atomic E-state index is -3.99. The number of nitro benzene ring substituents is 1. The molecule has 10 heteroatoms. The maximum absolute atomic E-state index is 13.4. The molecule has 1 aromatic rings. The van der Waals surface area contributed by atoms with Gasteiger partial charge in [0.05, 0.1) is 15.4 Å². The molecule has 1 rings (SSSR count). The van der Waals surface area contributed by atoms with Crippen molar-refractivity contribution >= 4 is 28.1 Å². The van der Waals surface area contributed by atoms with Crippen molar-refractivity contribution in [3.8, 4) is 0 Å². The van der Waals surface area contributed by atoms with E-state index in [0.717, 1.165) is 12.1 Å². The maximum atomic E-state index is 13.4. The fourth-order valence-corrected chi connectivity index (χ4v) is 2.34. The highest BCUT2D eigenvalue weighted by atomic mass is 35.5. The Bertz CT molecular complexity index is 579. The summed E-state index contributed by atoms with van der Waals surface area (Å²) in [6.45, 7) is 1.23. The molecule has 0 bridgehead atoms. The van der Waals surface area contributed by atoms with E-state index >= 15 is 0 Å². The van der Waals surface area contributed by atoms with Crippen LogP contribution in [0.25, 0.3) is 0 Å². The Morgan fingerprint density at radius 2 is 2.05 bits per heavy atom. The van der Waals surface area contributed by atoms with Gasteiger partial charge >= 0.3 is 0 Å². The third kappa shape index (κ3) is 4.10. The molecule has 0 spiro atoms. The monoisotopic (exact) mass is 313 g/mol. The minimum absolute atomic E-state index is 0. The van der Waals surface area contributed by atoms with Crippen LogP contribution >= 0.6 is 12.4 Å². The number of nitrogens with one attached hydrogen (secondary N) is 1. The zero-order chi connectivity index (χ0) is 13.9. The molecular formula is C9H13ClFN3O4S. The number of benzene rings is 1. The van der Waals surface area contributed by atoms with Gasteiger partial charge in [-0.1, -0.05) is 0 Å². The molecule has 19 heavy (non-hydrogen) atoms. The average molecular weight is 314 g/mol.